The van der Waals surface area contributed by atoms with Gasteiger partial charge in [-0.1, -0.05) is 13.8 Å². The van der Waals surface area contributed by atoms with E-state index < -0.39 is 35.8 Å². The van der Waals surface area contributed by atoms with Crippen molar-refractivity contribution in [2.24, 2.45) is 11.7 Å². The van der Waals surface area contributed by atoms with E-state index in [0.29, 0.717) is 12.8 Å². The van der Waals surface area contributed by atoms with E-state index in [9.17, 15) is 19.2 Å². The second-order valence-corrected chi connectivity index (χ2v) is 6.96. The summed E-state index contributed by atoms with van der Waals surface area (Å²) in [5, 5.41) is 16.1. The Morgan fingerprint density at radius 2 is 1.68 bits per heavy atom. The molecule has 9 nitrogen and oxygen atoms in total. The van der Waals surface area contributed by atoms with Crippen LogP contribution in [0.4, 0.5) is 0 Å². The summed E-state index contributed by atoms with van der Waals surface area (Å²) in [5.74, 6) is -1.89. The average molecular weight is 376 g/mol. The Labute approximate surface area is 151 Å². The van der Waals surface area contributed by atoms with Crippen LogP contribution < -0.4 is 21.7 Å². The number of carboxylic acid groups (broad SMARTS) is 1. The van der Waals surface area contributed by atoms with Crippen LogP contribution in [0, 0.1) is 5.92 Å². The van der Waals surface area contributed by atoms with Crippen LogP contribution in [0.5, 0.6) is 0 Å². The molecule has 0 aromatic rings. The first-order chi connectivity index (χ1) is 11.7. The van der Waals surface area contributed by atoms with Gasteiger partial charge < -0.3 is 26.8 Å². The molecule has 0 rings (SSSR count). The Morgan fingerprint density at radius 3 is 2.20 bits per heavy atom. The third kappa shape index (κ3) is 11.4. The van der Waals surface area contributed by atoms with Crippen LogP contribution in [0.15, 0.2) is 0 Å². The summed E-state index contributed by atoms with van der Waals surface area (Å²) in [6.07, 6.45) is 2.70. The highest BCUT2D eigenvalue weighted by atomic mass is 32.2. The molecule has 0 aliphatic carbocycles. The van der Waals surface area contributed by atoms with E-state index >= 15 is 0 Å². The average Bonchev–Trinajstić information content (AvgIpc) is 2.54. The Hall–Kier alpha value is -1.81. The first kappa shape index (κ1) is 23.2. The van der Waals surface area contributed by atoms with Crippen LogP contribution in [0.1, 0.15) is 26.7 Å². The second-order valence-electron chi connectivity index (χ2n) is 5.97. The van der Waals surface area contributed by atoms with E-state index in [1.165, 1.54) is 0 Å². The lowest BCUT2D eigenvalue weighted by molar-refractivity contribution is -0.142. The van der Waals surface area contributed by atoms with Crippen LogP contribution in [-0.4, -0.2) is 66.0 Å². The number of nitrogens with one attached hydrogen (secondary N) is 3. The van der Waals surface area contributed by atoms with E-state index in [4.69, 9.17) is 10.8 Å². The molecule has 0 saturated carbocycles. The van der Waals surface area contributed by atoms with Gasteiger partial charge in [0.1, 0.15) is 6.04 Å². The molecule has 0 heterocycles. The largest absolute Gasteiger partial charge is 0.480 e. The summed E-state index contributed by atoms with van der Waals surface area (Å²) in [6, 6.07) is -1.69. The van der Waals surface area contributed by atoms with Crippen molar-refractivity contribution in [3.63, 3.8) is 0 Å². The Bertz CT molecular complexity index is 473. The smallest absolute Gasteiger partial charge is 0.326 e. The van der Waals surface area contributed by atoms with Crippen LogP contribution in [0.3, 0.4) is 0 Å². The molecule has 0 saturated heterocycles. The minimum Gasteiger partial charge on any atom is -0.480 e. The third-order valence-corrected chi connectivity index (χ3v) is 3.82. The van der Waals surface area contributed by atoms with Crippen LogP contribution in [-0.2, 0) is 19.2 Å². The predicted molar refractivity (Wildman–Crippen MR) is 96.0 cm³/mol. The molecule has 0 radical (unpaired) electrons. The number of carboxylic acids is 1. The van der Waals surface area contributed by atoms with E-state index in [0.717, 1.165) is 5.75 Å². The summed E-state index contributed by atoms with van der Waals surface area (Å²) in [7, 11) is 0. The van der Waals surface area contributed by atoms with Gasteiger partial charge in [0.2, 0.25) is 17.7 Å². The number of thioether (sulfide) groups is 1. The minimum atomic E-state index is -1.13. The molecule has 2 atom stereocenters. The standard InChI is InChI=1S/C15H28N4O5S/c1-9(2)6-11(15(23)24)19-13(21)8-17-12(20)7-18-14(22)10(16)4-5-25-3/h9-11H,4-8,16H2,1-3H3,(H,17,20)(H,18,22)(H,19,21)(H,23,24). The normalized spacial score (nSPS) is 13.0. The molecule has 0 aromatic carbocycles. The Morgan fingerprint density at radius 1 is 1.08 bits per heavy atom. The quantitative estimate of drug-likeness (QED) is 0.290. The third-order valence-electron chi connectivity index (χ3n) is 3.18. The molecule has 25 heavy (non-hydrogen) atoms. The molecule has 0 aliphatic heterocycles. The molecule has 0 spiro atoms. The molecule has 144 valence electrons. The van der Waals surface area contributed by atoms with Crippen molar-refractivity contribution in [3.8, 4) is 0 Å². The molecule has 3 amide bonds. The van der Waals surface area contributed by atoms with Crippen molar-refractivity contribution in [3.05, 3.63) is 0 Å². The van der Waals surface area contributed by atoms with Gasteiger partial charge in [0.05, 0.1) is 19.1 Å². The zero-order valence-electron chi connectivity index (χ0n) is 14.8. The van der Waals surface area contributed by atoms with Crippen molar-refractivity contribution in [1.82, 2.24) is 16.0 Å². The van der Waals surface area contributed by atoms with Crippen molar-refractivity contribution in [2.75, 3.05) is 25.1 Å². The summed E-state index contributed by atoms with van der Waals surface area (Å²) < 4.78 is 0. The molecule has 0 bridgehead atoms. The van der Waals surface area contributed by atoms with Gasteiger partial charge in [-0.2, -0.15) is 11.8 Å². The van der Waals surface area contributed by atoms with Gasteiger partial charge in [-0.25, -0.2) is 4.79 Å². The van der Waals surface area contributed by atoms with Gasteiger partial charge in [-0.15, -0.1) is 0 Å². The Balaban J connectivity index is 4.13. The van der Waals surface area contributed by atoms with Gasteiger partial charge in [0.25, 0.3) is 0 Å². The first-order valence-electron chi connectivity index (χ1n) is 7.98. The number of carbonyl (C=O) groups excluding carboxylic acids is 3. The highest BCUT2D eigenvalue weighted by Gasteiger charge is 2.21. The van der Waals surface area contributed by atoms with Crippen molar-refractivity contribution in [1.29, 1.82) is 0 Å². The molecular formula is C15H28N4O5S. The topological polar surface area (TPSA) is 151 Å². The fourth-order valence-corrected chi connectivity index (χ4v) is 2.34. The monoisotopic (exact) mass is 376 g/mol. The van der Waals surface area contributed by atoms with Gasteiger partial charge in [0, 0.05) is 0 Å². The zero-order valence-corrected chi connectivity index (χ0v) is 15.6. The summed E-state index contributed by atoms with van der Waals surface area (Å²) in [5.41, 5.74) is 5.66. The number of hydrogen-bond acceptors (Lipinski definition) is 6. The number of aliphatic carboxylic acids is 1. The maximum absolute atomic E-state index is 11.7. The van der Waals surface area contributed by atoms with Crippen molar-refractivity contribution >= 4 is 35.5 Å². The highest BCUT2D eigenvalue weighted by molar-refractivity contribution is 7.98. The number of rotatable bonds is 12. The molecule has 0 aromatic heterocycles. The zero-order chi connectivity index (χ0) is 19.4. The van der Waals surface area contributed by atoms with E-state index in [2.05, 4.69) is 16.0 Å². The summed E-state index contributed by atoms with van der Waals surface area (Å²) >= 11 is 1.57. The van der Waals surface area contributed by atoms with Gasteiger partial charge in [-0.05, 0) is 30.8 Å². The molecule has 2 unspecified atom stereocenters. The second kappa shape index (κ2) is 12.5. The maximum atomic E-state index is 11.7. The molecule has 10 heteroatoms. The van der Waals surface area contributed by atoms with Crippen molar-refractivity contribution < 1.29 is 24.3 Å². The molecule has 0 aliphatic rings. The van der Waals surface area contributed by atoms with E-state index in [-0.39, 0.29) is 19.0 Å². The van der Waals surface area contributed by atoms with Gasteiger partial charge in [-0.3, -0.25) is 14.4 Å². The first-order valence-corrected chi connectivity index (χ1v) is 9.37. The molecule has 0 fully saturated rings. The molecule has 6 N–H and O–H groups in total. The number of amides is 3. The lowest BCUT2D eigenvalue weighted by Crippen LogP contribution is -2.48. The minimum absolute atomic E-state index is 0.0986. The van der Waals surface area contributed by atoms with Gasteiger partial charge in [0.15, 0.2) is 0 Å². The van der Waals surface area contributed by atoms with E-state index in [1.54, 1.807) is 11.8 Å². The Kier molecular flexibility index (Phi) is 11.6. The fraction of sp³-hybridized carbons (Fsp3) is 0.733. The van der Waals surface area contributed by atoms with E-state index in [1.807, 2.05) is 20.1 Å². The van der Waals surface area contributed by atoms with Crippen LogP contribution in [0.2, 0.25) is 0 Å². The lowest BCUT2D eigenvalue weighted by Gasteiger charge is -2.16. The predicted octanol–water partition coefficient (Wildman–Crippen LogP) is -1.09. The highest BCUT2D eigenvalue weighted by Crippen LogP contribution is 2.04. The summed E-state index contributed by atoms with van der Waals surface area (Å²) in [6.45, 7) is 3.02. The summed E-state index contributed by atoms with van der Waals surface area (Å²) in [4.78, 5) is 46.0. The van der Waals surface area contributed by atoms with Crippen LogP contribution >= 0.6 is 11.8 Å². The van der Waals surface area contributed by atoms with Crippen molar-refractivity contribution in [2.45, 2.75) is 38.8 Å². The fourth-order valence-electron chi connectivity index (χ4n) is 1.85. The SMILES string of the molecule is CSCCC(N)C(=O)NCC(=O)NCC(=O)NC(CC(C)C)C(=O)O. The molecular weight excluding hydrogens is 348 g/mol. The van der Waals surface area contributed by atoms with Gasteiger partial charge >= 0.3 is 5.97 Å². The number of nitrogens with two attached hydrogens (primary N) is 1. The van der Waals surface area contributed by atoms with Crippen LogP contribution in [0.25, 0.3) is 0 Å². The lowest BCUT2D eigenvalue weighted by atomic mass is 10.0. The maximum Gasteiger partial charge on any atom is 0.326 e. The number of hydrogen-bond donors (Lipinski definition) is 5. The number of carbonyl (C=O) groups is 4.